The van der Waals surface area contributed by atoms with Crippen LogP contribution in [0.3, 0.4) is 0 Å². The highest BCUT2D eigenvalue weighted by Crippen LogP contribution is 1.92. The third kappa shape index (κ3) is 11.5. The molecule has 0 aromatic heterocycles. The van der Waals surface area contributed by atoms with Gasteiger partial charge in [0.25, 0.3) is 0 Å². The molecule has 0 aliphatic rings. The van der Waals surface area contributed by atoms with E-state index in [-0.39, 0.29) is 0 Å². The maximum absolute atomic E-state index is 5.52. The Morgan fingerprint density at radius 3 is 2.59 bits per heavy atom. The van der Waals surface area contributed by atoms with E-state index in [1.54, 1.807) is 0 Å². The van der Waals surface area contributed by atoms with Crippen LogP contribution in [0.1, 0.15) is 40.5 Å². The van der Waals surface area contributed by atoms with Gasteiger partial charge < -0.3 is 15.4 Å². The van der Waals surface area contributed by atoms with E-state index >= 15 is 0 Å². The Bertz CT molecular complexity index is 193. The van der Waals surface area contributed by atoms with E-state index in [0.29, 0.717) is 5.92 Å². The molecule has 0 radical (unpaired) electrons. The fourth-order valence-electron chi connectivity index (χ4n) is 1.27. The second-order valence-corrected chi connectivity index (χ2v) is 4.51. The zero-order valence-corrected chi connectivity index (χ0v) is 11.9. The lowest BCUT2D eigenvalue weighted by Gasteiger charge is -2.11. The van der Waals surface area contributed by atoms with Gasteiger partial charge in [0.2, 0.25) is 0 Å². The van der Waals surface area contributed by atoms with Gasteiger partial charge in [-0.3, -0.25) is 4.99 Å². The average molecular weight is 243 g/mol. The lowest BCUT2D eigenvalue weighted by molar-refractivity contribution is 0.108. The summed E-state index contributed by atoms with van der Waals surface area (Å²) < 4.78 is 5.52. The Kier molecular flexibility index (Phi) is 11.2. The summed E-state index contributed by atoms with van der Waals surface area (Å²) in [6.07, 6.45) is 2.09. The Labute approximate surface area is 106 Å². The third-order valence-corrected chi connectivity index (χ3v) is 2.05. The molecule has 0 spiro atoms. The number of rotatable bonds is 9. The third-order valence-electron chi connectivity index (χ3n) is 2.05. The van der Waals surface area contributed by atoms with E-state index in [4.69, 9.17) is 4.74 Å². The van der Waals surface area contributed by atoms with Gasteiger partial charge in [0.05, 0.1) is 0 Å². The largest absolute Gasteiger partial charge is 0.381 e. The van der Waals surface area contributed by atoms with E-state index in [9.17, 15) is 0 Å². The number of ether oxygens (including phenoxy) is 1. The molecule has 102 valence electrons. The first kappa shape index (κ1) is 16.2. The summed E-state index contributed by atoms with van der Waals surface area (Å²) in [6.45, 7) is 12.9. The normalized spacial score (nSPS) is 11.9. The molecule has 0 heterocycles. The number of hydrogen-bond donors (Lipinski definition) is 2. The van der Waals surface area contributed by atoms with Crippen molar-refractivity contribution >= 4 is 5.96 Å². The average Bonchev–Trinajstić information content (AvgIpc) is 2.29. The van der Waals surface area contributed by atoms with Gasteiger partial charge in [0.1, 0.15) is 0 Å². The van der Waals surface area contributed by atoms with Gasteiger partial charge in [-0.05, 0) is 25.7 Å². The van der Waals surface area contributed by atoms with E-state index in [0.717, 1.165) is 51.6 Å². The van der Waals surface area contributed by atoms with E-state index in [1.165, 1.54) is 0 Å². The number of hydrogen-bond acceptors (Lipinski definition) is 2. The van der Waals surface area contributed by atoms with Crippen LogP contribution in [0.15, 0.2) is 4.99 Å². The molecule has 0 fully saturated rings. The standard InChI is InChI=1S/C13H29N3O/c1-5-8-15-13(14-6-2)16-9-7-10-17-11-12(3)4/h12H,5-11H2,1-4H3,(H2,14,15,16). The smallest absolute Gasteiger partial charge is 0.191 e. The lowest BCUT2D eigenvalue weighted by Crippen LogP contribution is -2.38. The van der Waals surface area contributed by atoms with E-state index in [1.807, 2.05) is 0 Å². The summed E-state index contributed by atoms with van der Waals surface area (Å²) in [4.78, 5) is 4.43. The van der Waals surface area contributed by atoms with Crippen molar-refractivity contribution in [3.05, 3.63) is 0 Å². The minimum Gasteiger partial charge on any atom is -0.381 e. The van der Waals surface area contributed by atoms with Crippen molar-refractivity contribution in [2.24, 2.45) is 10.9 Å². The van der Waals surface area contributed by atoms with Crippen LogP contribution in [0.5, 0.6) is 0 Å². The molecule has 0 atom stereocenters. The van der Waals surface area contributed by atoms with Crippen molar-refractivity contribution in [2.45, 2.75) is 40.5 Å². The van der Waals surface area contributed by atoms with Crippen LogP contribution in [-0.2, 0) is 4.74 Å². The fraction of sp³-hybridized carbons (Fsp3) is 0.923. The molecule has 0 amide bonds. The molecule has 2 N–H and O–H groups in total. The summed E-state index contributed by atoms with van der Waals surface area (Å²) in [6, 6.07) is 0. The maximum atomic E-state index is 5.52. The Hall–Kier alpha value is -0.770. The van der Waals surface area contributed by atoms with Crippen LogP contribution in [0.2, 0.25) is 0 Å². The Balaban J connectivity index is 3.54. The van der Waals surface area contributed by atoms with Crippen LogP contribution in [0.4, 0.5) is 0 Å². The van der Waals surface area contributed by atoms with Gasteiger partial charge in [-0.15, -0.1) is 0 Å². The van der Waals surface area contributed by atoms with Gasteiger partial charge in [-0.25, -0.2) is 0 Å². The molecule has 0 saturated carbocycles. The lowest BCUT2D eigenvalue weighted by atomic mass is 10.2. The molecular weight excluding hydrogens is 214 g/mol. The van der Waals surface area contributed by atoms with Gasteiger partial charge in [-0.1, -0.05) is 20.8 Å². The summed E-state index contributed by atoms with van der Waals surface area (Å²) >= 11 is 0. The summed E-state index contributed by atoms with van der Waals surface area (Å²) in [5.41, 5.74) is 0. The number of aliphatic imine (C=N–C) groups is 1. The van der Waals surface area contributed by atoms with Crippen LogP contribution in [0.25, 0.3) is 0 Å². The highest BCUT2D eigenvalue weighted by Gasteiger charge is 1.96. The molecule has 0 bridgehead atoms. The zero-order valence-electron chi connectivity index (χ0n) is 11.9. The van der Waals surface area contributed by atoms with Crippen LogP contribution in [-0.4, -0.2) is 38.8 Å². The molecule has 0 aromatic rings. The minimum atomic E-state index is 0.617. The number of guanidine groups is 1. The molecule has 0 aliphatic carbocycles. The summed E-state index contributed by atoms with van der Waals surface area (Å²) in [7, 11) is 0. The van der Waals surface area contributed by atoms with Crippen LogP contribution >= 0.6 is 0 Å². The van der Waals surface area contributed by atoms with Gasteiger partial charge in [0, 0.05) is 32.8 Å². The zero-order chi connectivity index (χ0) is 12.9. The van der Waals surface area contributed by atoms with Crippen LogP contribution < -0.4 is 10.6 Å². The Morgan fingerprint density at radius 2 is 2.00 bits per heavy atom. The predicted molar refractivity (Wildman–Crippen MR) is 74.5 cm³/mol. The molecule has 0 unspecified atom stereocenters. The highest BCUT2D eigenvalue weighted by atomic mass is 16.5. The first-order valence-corrected chi connectivity index (χ1v) is 6.80. The van der Waals surface area contributed by atoms with Crippen molar-refractivity contribution in [3.8, 4) is 0 Å². The minimum absolute atomic E-state index is 0.617. The predicted octanol–water partition coefficient (Wildman–Crippen LogP) is 2.01. The first-order valence-electron chi connectivity index (χ1n) is 6.80. The molecule has 17 heavy (non-hydrogen) atoms. The van der Waals surface area contributed by atoms with Crippen molar-refractivity contribution in [3.63, 3.8) is 0 Å². The molecular formula is C13H29N3O. The van der Waals surface area contributed by atoms with E-state index in [2.05, 4.69) is 43.3 Å². The van der Waals surface area contributed by atoms with Crippen molar-refractivity contribution in [1.29, 1.82) is 0 Å². The van der Waals surface area contributed by atoms with Gasteiger partial charge in [0.15, 0.2) is 5.96 Å². The van der Waals surface area contributed by atoms with Crippen molar-refractivity contribution < 1.29 is 4.74 Å². The monoisotopic (exact) mass is 243 g/mol. The fourth-order valence-corrected chi connectivity index (χ4v) is 1.27. The Morgan fingerprint density at radius 1 is 1.24 bits per heavy atom. The molecule has 0 aliphatic heterocycles. The topological polar surface area (TPSA) is 45.7 Å². The summed E-state index contributed by atoms with van der Waals surface area (Å²) in [5.74, 6) is 1.53. The number of nitrogens with one attached hydrogen (secondary N) is 2. The SMILES string of the molecule is CCCN=C(NCC)NCCCOCC(C)C. The summed E-state index contributed by atoms with van der Waals surface area (Å²) in [5, 5.41) is 6.53. The van der Waals surface area contributed by atoms with Gasteiger partial charge in [-0.2, -0.15) is 0 Å². The first-order chi connectivity index (χ1) is 8.20. The molecule has 4 heteroatoms. The van der Waals surface area contributed by atoms with Crippen molar-refractivity contribution in [1.82, 2.24) is 10.6 Å². The molecule has 0 rings (SSSR count). The number of nitrogens with zero attached hydrogens (tertiary/aromatic N) is 1. The second kappa shape index (κ2) is 11.7. The molecule has 0 saturated heterocycles. The van der Waals surface area contributed by atoms with Crippen LogP contribution in [0, 0.1) is 5.92 Å². The molecule has 4 nitrogen and oxygen atoms in total. The quantitative estimate of drug-likeness (QED) is 0.370. The molecule has 0 aromatic carbocycles. The highest BCUT2D eigenvalue weighted by molar-refractivity contribution is 5.79. The second-order valence-electron chi connectivity index (χ2n) is 4.51. The van der Waals surface area contributed by atoms with Crippen molar-refractivity contribution in [2.75, 3.05) is 32.8 Å². The van der Waals surface area contributed by atoms with E-state index < -0.39 is 0 Å². The maximum Gasteiger partial charge on any atom is 0.191 e. The van der Waals surface area contributed by atoms with Gasteiger partial charge >= 0.3 is 0 Å².